The summed E-state index contributed by atoms with van der Waals surface area (Å²) >= 11 is 0. The van der Waals surface area contributed by atoms with Gasteiger partial charge in [-0.1, -0.05) is 5.16 Å². The third-order valence-electron chi connectivity index (χ3n) is 2.60. The molecule has 1 rings (SSSR count). The quantitative estimate of drug-likeness (QED) is 0.196. The lowest BCUT2D eigenvalue weighted by molar-refractivity contribution is -0.384. The summed E-state index contributed by atoms with van der Waals surface area (Å²) < 4.78 is 5.50. The number of rotatable bonds is 7. The summed E-state index contributed by atoms with van der Waals surface area (Å²) in [5, 5.41) is 21.9. The predicted octanol–water partition coefficient (Wildman–Crippen LogP) is 2.20. The van der Waals surface area contributed by atoms with E-state index in [1.807, 2.05) is 6.92 Å². The summed E-state index contributed by atoms with van der Waals surface area (Å²) in [4.78, 5) is 10.2. The van der Waals surface area contributed by atoms with Crippen molar-refractivity contribution in [3.63, 3.8) is 0 Å². The first kappa shape index (κ1) is 14.7. The molecule has 1 aromatic carbocycles. The Bertz CT molecular complexity index is 474. The fourth-order valence-corrected chi connectivity index (χ4v) is 1.50. The fraction of sp³-hybridized carbons (Fsp3) is 0.417. The minimum atomic E-state index is -0.454. The van der Waals surface area contributed by atoms with Crippen LogP contribution >= 0.6 is 0 Å². The predicted molar refractivity (Wildman–Crippen MR) is 70.6 cm³/mol. The highest BCUT2D eigenvalue weighted by Gasteiger charge is 2.09. The molecule has 0 saturated heterocycles. The molecule has 1 aromatic rings. The monoisotopic (exact) mass is 267 g/mol. The lowest BCUT2D eigenvalue weighted by atomic mass is 10.2. The number of nitro benzene ring substituents is 1. The average molecular weight is 267 g/mol. The van der Waals surface area contributed by atoms with Crippen LogP contribution in [0.5, 0.6) is 5.75 Å². The van der Waals surface area contributed by atoms with E-state index in [9.17, 15) is 10.1 Å². The van der Waals surface area contributed by atoms with Crippen LogP contribution in [0.1, 0.15) is 24.8 Å². The SMILES string of the molecule is Cc1ccc([N+](=O)[O-])cc1OCCCCC(N)=NO. The minimum absolute atomic E-state index is 0.0114. The third-order valence-corrected chi connectivity index (χ3v) is 2.60. The number of amidine groups is 1. The topological polar surface area (TPSA) is 111 Å². The number of nitrogens with zero attached hydrogens (tertiary/aromatic N) is 2. The molecule has 0 amide bonds. The lowest BCUT2D eigenvalue weighted by Gasteiger charge is -2.08. The molecule has 0 fully saturated rings. The van der Waals surface area contributed by atoms with E-state index in [2.05, 4.69) is 5.16 Å². The Balaban J connectivity index is 2.44. The van der Waals surface area contributed by atoms with Gasteiger partial charge < -0.3 is 15.7 Å². The molecular weight excluding hydrogens is 250 g/mol. The number of hydrogen-bond acceptors (Lipinski definition) is 5. The number of nitro groups is 1. The normalized spacial score (nSPS) is 11.3. The molecule has 19 heavy (non-hydrogen) atoms. The number of oxime groups is 1. The van der Waals surface area contributed by atoms with Crippen molar-refractivity contribution in [2.75, 3.05) is 6.61 Å². The summed E-state index contributed by atoms with van der Waals surface area (Å²) in [6.07, 6.45) is 1.94. The number of benzene rings is 1. The van der Waals surface area contributed by atoms with Crippen LogP contribution in [0.4, 0.5) is 5.69 Å². The molecule has 0 aliphatic heterocycles. The highest BCUT2D eigenvalue weighted by atomic mass is 16.6. The Hall–Kier alpha value is -2.31. The van der Waals surface area contributed by atoms with Crippen LogP contribution < -0.4 is 10.5 Å². The smallest absolute Gasteiger partial charge is 0.273 e. The molecule has 0 radical (unpaired) electrons. The zero-order valence-corrected chi connectivity index (χ0v) is 10.7. The van der Waals surface area contributed by atoms with E-state index in [0.717, 1.165) is 18.4 Å². The highest BCUT2D eigenvalue weighted by Crippen LogP contribution is 2.24. The molecule has 3 N–H and O–H groups in total. The standard InChI is InChI=1S/C12H17N3O4/c1-9-5-6-10(15(17)18)8-11(9)19-7-3-2-4-12(13)14-16/h5-6,8,16H,2-4,7H2,1H3,(H2,13,14). The molecule has 7 heteroatoms. The van der Waals surface area contributed by atoms with Gasteiger partial charge in [-0.2, -0.15) is 0 Å². The van der Waals surface area contributed by atoms with Crippen molar-refractivity contribution in [1.82, 2.24) is 0 Å². The number of non-ortho nitro benzene ring substituents is 1. The maximum atomic E-state index is 10.6. The van der Waals surface area contributed by atoms with E-state index < -0.39 is 4.92 Å². The van der Waals surface area contributed by atoms with Gasteiger partial charge in [0.05, 0.1) is 17.6 Å². The summed E-state index contributed by atoms with van der Waals surface area (Å²) in [7, 11) is 0. The van der Waals surface area contributed by atoms with Crippen LogP contribution in [-0.4, -0.2) is 22.6 Å². The fourth-order valence-electron chi connectivity index (χ4n) is 1.50. The van der Waals surface area contributed by atoms with Gasteiger partial charge in [-0.25, -0.2) is 0 Å². The molecule has 7 nitrogen and oxygen atoms in total. The molecule has 0 spiro atoms. The molecule has 0 saturated carbocycles. The van der Waals surface area contributed by atoms with Gasteiger partial charge in [0.15, 0.2) is 0 Å². The summed E-state index contributed by atoms with van der Waals surface area (Å²) in [5.41, 5.74) is 6.19. The zero-order chi connectivity index (χ0) is 14.3. The van der Waals surface area contributed by atoms with Gasteiger partial charge in [-0.05, 0) is 31.4 Å². The van der Waals surface area contributed by atoms with Crippen molar-refractivity contribution in [2.24, 2.45) is 10.9 Å². The largest absolute Gasteiger partial charge is 0.493 e. The van der Waals surface area contributed by atoms with Crippen LogP contribution in [0, 0.1) is 17.0 Å². The molecule has 104 valence electrons. The van der Waals surface area contributed by atoms with Gasteiger partial charge in [0.25, 0.3) is 5.69 Å². The van der Waals surface area contributed by atoms with E-state index in [-0.39, 0.29) is 11.5 Å². The average Bonchev–Trinajstić information content (AvgIpc) is 2.39. The van der Waals surface area contributed by atoms with Crippen LogP contribution in [0.25, 0.3) is 0 Å². The van der Waals surface area contributed by atoms with E-state index >= 15 is 0 Å². The maximum absolute atomic E-state index is 10.6. The van der Waals surface area contributed by atoms with Gasteiger partial charge in [0.1, 0.15) is 11.6 Å². The van der Waals surface area contributed by atoms with Gasteiger partial charge in [0.2, 0.25) is 0 Å². The van der Waals surface area contributed by atoms with E-state index in [0.29, 0.717) is 18.8 Å². The first-order chi connectivity index (χ1) is 9.04. The molecular formula is C12H17N3O4. The molecule has 0 aliphatic rings. The van der Waals surface area contributed by atoms with Crippen LogP contribution in [0.2, 0.25) is 0 Å². The van der Waals surface area contributed by atoms with Gasteiger partial charge in [-0.3, -0.25) is 10.1 Å². The molecule has 0 heterocycles. The van der Waals surface area contributed by atoms with Crippen molar-refractivity contribution in [3.05, 3.63) is 33.9 Å². The lowest BCUT2D eigenvalue weighted by Crippen LogP contribution is -2.11. The Morgan fingerprint density at radius 2 is 2.26 bits per heavy atom. The van der Waals surface area contributed by atoms with Gasteiger partial charge >= 0.3 is 0 Å². The van der Waals surface area contributed by atoms with Crippen molar-refractivity contribution in [2.45, 2.75) is 26.2 Å². The Labute approximate surface area is 110 Å². The summed E-state index contributed by atoms with van der Waals surface area (Å²) in [6.45, 7) is 2.26. The minimum Gasteiger partial charge on any atom is -0.493 e. The number of hydrogen-bond donors (Lipinski definition) is 2. The molecule has 0 aromatic heterocycles. The Morgan fingerprint density at radius 3 is 2.89 bits per heavy atom. The van der Waals surface area contributed by atoms with Crippen LogP contribution in [0.15, 0.2) is 23.4 Å². The Morgan fingerprint density at radius 1 is 1.53 bits per heavy atom. The van der Waals surface area contributed by atoms with Gasteiger partial charge in [-0.15, -0.1) is 0 Å². The molecule has 0 atom stereocenters. The van der Waals surface area contributed by atoms with Crippen molar-refractivity contribution in [1.29, 1.82) is 0 Å². The highest BCUT2D eigenvalue weighted by molar-refractivity contribution is 5.79. The van der Waals surface area contributed by atoms with Crippen molar-refractivity contribution in [3.8, 4) is 5.75 Å². The van der Waals surface area contributed by atoms with E-state index in [1.165, 1.54) is 12.1 Å². The van der Waals surface area contributed by atoms with E-state index in [4.69, 9.17) is 15.7 Å². The zero-order valence-electron chi connectivity index (χ0n) is 10.7. The Kier molecular flexibility index (Phi) is 5.59. The number of unbranched alkanes of at least 4 members (excludes halogenated alkanes) is 1. The second kappa shape index (κ2) is 7.20. The first-order valence-corrected chi connectivity index (χ1v) is 5.89. The second-order valence-electron chi connectivity index (χ2n) is 4.10. The van der Waals surface area contributed by atoms with Crippen LogP contribution in [-0.2, 0) is 0 Å². The second-order valence-corrected chi connectivity index (χ2v) is 4.10. The number of aryl methyl sites for hydroxylation is 1. The number of ether oxygens (including phenoxy) is 1. The molecule has 0 aliphatic carbocycles. The molecule has 0 bridgehead atoms. The number of nitrogens with two attached hydrogens (primary N) is 1. The summed E-state index contributed by atoms with van der Waals surface area (Å²) in [6, 6.07) is 4.52. The van der Waals surface area contributed by atoms with Crippen LogP contribution in [0.3, 0.4) is 0 Å². The maximum Gasteiger partial charge on any atom is 0.273 e. The van der Waals surface area contributed by atoms with E-state index in [1.54, 1.807) is 6.07 Å². The molecule has 0 unspecified atom stereocenters. The van der Waals surface area contributed by atoms with Crippen molar-refractivity contribution < 1.29 is 14.9 Å². The first-order valence-electron chi connectivity index (χ1n) is 5.89. The third kappa shape index (κ3) is 4.82. The van der Waals surface area contributed by atoms with Gasteiger partial charge in [0, 0.05) is 12.5 Å². The summed E-state index contributed by atoms with van der Waals surface area (Å²) in [5.74, 6) is 0.699. The van der Waals surface area contributed by atoms with Crippen molar-refractivity contribution >= 4 is 11.5 Å².